The van der Waals surface area contributed by atoms with Crippen molar-refractivity contribution in [2.45, 2.75) is 6.42 Å². The third-order valence-electron chi connectivity index (χ3n) is 2.25. The maximum absolute atomic E-state index is 13.0. The molecule has 84 valence electrons. The smallest absolute Gasteiger partial charge is 0.226 e. The van der Waals surface area contributed by atoms with Crippen molar-refractivity contribution in [3.05, 3.63) is 42.0 Å². The van der Waals surface area contributed by atoms with Gasteiger partial charge < -0.3 is 9.73 Å². The highest BCUT2D eigenvalue weighted by molar-refractivity contribution is 5.52. The lowest BCUT2D eigenvalue weighted by Gasteiger charge is -1.95. The molecule has 0 bridgehead atoms. The molecule has 0 amide bonds. The van der Waals surface area contributed by atoms with Gasteiger partial charge in [0.1, 0.15) is 12.1 Å². The molecule has 1 heterocycles. The predicted molar refractivity (Wildman–Crippen MR) is 59.5 cm³/mol. The first-order valence-corrected chi connectivity index (χ1v) is 5.14. The summed E-state index contributed by atoms with van der Waals surface area (Å²) in [7, 11) is 1.88. The molecule has 16 heavy (non-hydrogen) atoms. The quantitative estimate of drug-likeness (QED) is 0.858. The van der Waals surface area contributed by atoms with E-state index in [0.717, 1.165) is 18.7 Å². The Bertz CT molecular complexity index is 468. The maximum atomic E-state index is 13.0. The van der Waals surface area contributed by atoms with Gasteiger partial charge >= 0.3 is 0 Å². The Balaban J connectivity index is 2.18. The third kappa shape index (κ3) is 2.46. The second kappa shape index (κ2) is 4.90. The van der Waals surface area contributed by atoms with Crippen LogP contribution in [0.3, 0.4) is 0 Å². The molecular formula is C12H13FN2O. The molecule has 4 heteroatoms. The van der Waals surface area contributed by atoms with Gasteiger partial charge in [0.05, 0.1) is 5.69 Å². The molecule has 2 aromatic rings. The van der Waals surface area contributed by atoms with Crippen molar-refractivity contribution < 1.29 is 8.81 Å². The summed E-state index contributed by atoms with van der Waals surface area (Å²) in [4.78, 5) is 4.29. The average Bonchev–Trinajstić information content (AvgIpc) is 2.75. The summed E-state index contributed by atoms with van der Waals surface area (Å²) in [6, 6.07) is 6.22. The fourth-order valence-electron chi connectivity index (χ4n) is 1.43. The molecule has 0 aliphatic rings. The van der Waals surface area contributed by atoms with Gasteiger partial charge in [-0.25, -0.2) is 9.37 Å². The molecule has 1 N–H and O–H groups in total. The fraction of sp³-hybridized carbons (Fsp3) is 0.250. The number of aromatic nitrogens is 1. The molecule has 0 radical (unpaired) electrons. The predicted octanol–water partition coefficient (Wildman–Crippen LogP) is 2.24. The van der Waals surface area contributed by atoms with Gasteiger partial charge in [-0.1, -0.05) is 6.07 Å². The molecule has 0 saturated heterocycles. The standard InChI is InChI=1S/C12H13FN2O/c1-14-6-5-11-8-16-12(15-11)9-3-2-4-10(13)7-9/h2-4,7-8,14H,5-6H2,1H3. The van der Waals surface area contributed by atoms with Crippen LogP contribution >= 0.6 is 0 Å². The van der Waals surface area contributed by atoms with Crippen molar-refractivity contribution in [3.63, 3.8) is 0 Å². The van der Waals surface area contributed by atoms with E-state index in [0.29, 0.717) is 11.5 Å². The Morgan fingerprint density at radius 1 is 1.44 bits per heavy atom. The summed E-state index contributed by atoms with van der Waals surface area (Å²) in [5.41, 5.74) is 1.53. The topological polar surface area (TPSA) is 38.1 Å². The summed E-state index contributed by atoms with van der Waals surface area (Å²) in [5.74, 6) is 0.179. The summed E-state index contributed by atoms with van der Waals surface area (Å²) in [5, 5.41) is 3.03. The average molecular weight is 220 g/mol. The molecule has 0 aliphatic heterocycles. The molecule has 1 aromatic heterocycles. The summed E-state index contributed by atoms with van der Waals surface area (Å²) in [6.07, 6.45) is 2.41. The van der Waals surface area contributed by atoms with Crippen LogP contribution in [0, 0.1) is 5.82 Å². The molecule has 0 atom stereocenters. The highest BCUT2D eigenvalue weighted by Crippen LogP contribution is 2.19. The minimum atomic E-state index is -0.285. The Kier molecular flexibility index (Phi) is 3.31. The minimum absolute atomic E-state index is 0.285. The van der Waals surface area contributed by atoms with Gasteiger partial charge in [0.15, 0.2) is 0 Å². The van der Waals surface area contributed by atoms with Crippen LogP contribution in [-0.4, -0.2) is 18.6 Å². The van der Waals surface area contributed by atoms with E-state index in [1.54, 1.807) is 18.4 Å². The molecule has 0 unspecified atom stereocenters. The first-order valence-electron chi connectivity index (χ1n) is 5.14. The summed E-state index contributed by atoms with van der Waals surface area (Å²) < 4.78 is 18.3. The fourth-order valence-corrected chi connectivity index (χ4v) is 1.43. The number of rotatable bonds is 4. The van der Waals surface area contributed by atoms with Crippen molar-refractivity contribution in [1.82, 2.24) is 10.3 Å². The number of nitrogens with one attached hydrogen (secondary N) is 1. The van der Waals surface area contributed by atoms with Crippen LogP contribution in [0.2, 0.25) is 0 Å². The zero-order valence-electron chi connectivity index (χ0n) is 9.03. The molecular weight excluding hydrogens is 207 g/mol. The Morgan fingerprint density at radius 3 is 3.06 bits per heavy atom. The number of nitrogens with zero attached hydrogens (tertiary/aromatic N) is 1. The van der Waals surface area contributed by atoms with Crippen LogP contribution < -0.4 is 5.32 Å². The molecule has 1 aromatic carbocycles. The SMILES string of the molecule is CNCCc1coc(-c2cccc(F)c2)n1. The van der Waals surface area contributed by atoms with Crippen LogP contribution in [0.15, 0.2) is 34.9 Å². The van der Waals surface area contributed by atoms with Crippen molar-refractivity contribution in [2.75, 3.05) is 13.6 Å². The lowest BCUT2D eigenvalue weighted by atomic mass is 10.2. The number of hydrogen-bond acceptors (Lipinski definition) is 3. The highest BCUT2D eigenvalue weighted by atomic mass is 19.1. The highest BCUT2D eigenvalue weighted by Gasteiger charge is 2.06. The number of hydrogen-bond donors (Lipinski definition) is 1. The zero-order chi connectivity index (χ0) is 11.4. The van der Waals surface area contributed by atoms with Gasteiger partial charge in [0.2, 0.25) is 5.89 Å². The van der Waals surface area contributed by atoms with E-state index in [1.165, 1.54) is 12.1 Å². The van der Waals surface area contributed by atoms with E-state index in [9.17, 15) is 4.39 Å². The molecule has 0 saturated carbocycles. The lowest BCUT2D eigenvalue weighted by molar-refractivity contribution is 0.570. The van der Waals surface area contributed by atoms with Gasteiger partial charge in [0.25, 0.3) is 0 Å². The Hall–Kier alpha value is -1.68. The molecule has 0 spiro atoms. The van der Waals surface area contributed by atoms with E-state index in [1.807, 2.05) is 7.05 Å². The number of benzene rings is 1. The van der Waals surface area contributed by atoms with Gasteiger partial charge in [-0.05, 0) is 25.2 Å². The first-order chi connectivity index (χ1) is 7.79. The second-order valence-corrected chi connectivity index (χ2v) is 3.51. The molecule has 0 fully saturated rings. The largest absolute Gasteiger partial charge is 0.444 e. The number of oxazole rings is 1. The Labute approximate surface area is 93.3 Å². The zero-order valence-corrected chi connectivity index (χ0v) is 9.03. The minimum Gasteiger partial charge on any atom is -0.444 e. The van der Waals surface area contributed by atoms with E-state index >= 15 is 0 Å². The number of halogens is 1. The van der Waals surface area contributed by atoms with E-state index in [2.05, 4.69) is 10.3 Å². The van der Waals surface area contributed by atoms with Crippen molar-refractivity contribution >= 4 is 0 Å². The van der Waals surface area contributed by atoms with Crippen LogP contribution in [0.4, 0.5) is 4.39 Å². The monoisotopic (exact) mass is 220 g/mol. The van der Waals surface area contributed by atoms with Gasteiger partial charge in [0, 0.05) is 18.5 Å². The molecule has 0 aliphatic carbocycles. The lowest BCUT2D eigenvalue weighted by Crippen LogP contribution is -2.10. The number of likely N-dealkylation sites (N-methyl/N-ethyl adjacent to an activating group) is 1. The van der Waals surface area contributed by atoms with Crippen molar-refractivity contribution in [1.29, 1.82) is 0 Å². The van der Waals surface area contributed by atoms with Crippen LogP contribution in [0.5, 0.6) is 0 Å². The summed E-state index contributed by atoms with van der Waals surface area (Å²) in [6.45, 7) is 0.842. The Morgan fingerprint density at radius 2 is 2.31 bits per heavy atom. The van der Waals surface area contributed by atoms with E-state index in [4.69, 9.17) is 4.42 Å². The van der Waals surface area contributed by atoms with E-state index in [-0.39, 0.29) is 5.82 Å². The van der Waals surface area contributed by atoms with Gasteiger partial charge in [-0.15, -0.1) is 0 Å². The van der Waals surface area contributed by atoms with Gasteiger partial charge in [-0.3, -0.25) is 0 Å². The van der Waals surface area contributed by atoms with Crippen LogP contribution in [0.1, 0.15) is 5.69 Å². The van der Waals surface area contributed by atoms with Crippen molar-refractivity contribution in [2.24, 2.45) is 0 Å². The molecule has 3 nitrogen and oxygen atoms in total. The molecule has 2 rings (SSSR count). The van der Waals surface area contributed by atoms with Gasteiger partial charge in [-0.2, -0.15) is 0 Å². The normalized spacial score (nSPS) is 10.6. The van der Waals surface area contributed by atoms with Crippen LogP contribution in [0.25, 0.3) is 11.5 Å². The van der Waals surface area contributed by atoms with Crippen LogP contribution in [-0.2, 0) is 6.42 Å². The summed E-state index contributed by atoms with van der Waals surface area (Å²) >= 11 is 0. The first kappa shape index (κ1) is 10.8. The van der Waals surface area contributed by atoms with E-state index < -0.39 is 0 Å². The third-order valence-corrected chi connectivity index (χ3v) is 2.25. The maximum Gasteiger partial charge on any atom is 0.226 e. The second-order valence-electron chi connectivity index (χ2n) is 3.51. The van der Waals surface area contributed by atoms with Crippen molar-refractivity contribution in [3.8, 4) is 11.5 Å².